The highest BCUT2D eigenvalue weighted by Gasteiger charge is 2.18. The molecule has 0 bridgehead atoms. The number of aryl methyl sites for hydroxylation is 1. The molecule has 1 aromatic heterocycles. The SMILES string of the molecule is C=C/C=C(/C1=CCC=C1)c1nc(Cc2cc(C(/C=C(\C=C)NC(=C)Cc3ccccc3)=C/C)c(F)cc2NC)[nH]c1C. The first-order valence-electron chi connectivity index (χ1n) is 14.1. The Bertz CT molecular complexity index is 1630. The first-order valence-corrected chi connectivity index (χ1v) is 14.1. The van der Waals surface area contributed by atoms with Crippen LogP contribution < -0.4 is 10.6 Å². The van der Waals surface area contributed by atoms with Crippen molar-refractivity contribution in [3.05, 3.63) is 167 Å². The molecule has 0 radical (unpaired) electrons. The van der Waals surface area contributed by atoms with E-state index in [2.05, 4.69) is 65.7 Å². The summed E-state index contributed by atoms with van der Waals surface area (Å²) in [5.74, 6) is 0.490. The maximum absolute atomic E-state index is 15.5. The average molecular weight is 559 g/mol. The van der Waals surface area contributed by atoms with E-state index in [1.54, 1.807) is 25.3 Å². The summed E-state index contributed by atoms with van der Waals surface area (Å²) in [6.07, 6.45) is 17.8. The predicted octanol–water partition coefficient (Wildman–Crippen LogP) is 8.76. The summed E-state index contributed by atoms with van der Waals surface area (Å²) in [6.45, 7) is 15.9. The van der Waals surface area contributed by atoms with E-state index in [1.165, 1.54) is 0 Å². The minimum absolute atomic E-state index is 0.313. The number of hydrogen-bond donors (Lipinski definition) is 3. The van der Waals surface area contributed by atoms with Crippen molar-refractivity contribution in [2.24, 2.45) is 0 Å². The van der Waals surface area contributed by atoms with Crippen LogP contribution in [0.5, 0.6) is 0 Å². The summed E-state index contributed by atoms with van der Waals surface area (Å²) in [5, 5.41) is 6.49. The number of benzene rings is 2. The number of aromatic nitrogens is 2. The van der Waals surface area contributed by atoms with Gasteiger partial charge in [-0.1, -0.05) is 86.5 Å². The van der Waals surface area contributed by atoms with E-state index in [9.17, 15) is 0 Å². The van der Waals surface area contributed by atoms with Gasteiger partial charge in [0.1, 0.15) is 11.6 Å². The van der Waals surface area contributed by atoms with E-state index >= 15 is 4.39 Å². The minimum atomic E-state index is -0.313. The van der Waals surface area contributed by atoms with E-state index in [4.69, 9.17) is 4.98 Å². The predicted molar refractivity (Wildman–Crippen MR) is 176 cm³/mol. The molecule has 0 atom stereocenters. The maximum atomic E-state index is 15.5. The number of halogens is 1. The van der Waals surface area contributed by atoms with Gasteiger partial charge in [-0.3, -0.25) is 0 Å². The van der Waals surface area contributed by atoms with Gasteiger partial charge in [0.05, 0.1) is 5.69 Å². The lowest BCUT2D eigenvalue weighted by Crippen LogP contribution is -2.12. The van der Waals surface area contributed by atoms with Crippen LogP contribution in [0.1, 0.15) is 47.2 Å². The quantitative estimate of drug-likeness (QED) is 0.184. The standard InChI is InChI=1S/C37H39FN4/c1-7-15-32(29-18-13-14-19-29)37-26(5)41-36(42-37)23-30-22-33(34(38)24-35(30)39-6)28(8-2)21-31(9-3)40-25(4)20-27-16-11-10-12-17-27/h7-13,15-19,21-22,24,39-40H,1,3-4,14,20,23H2,2,5-6H3,(H,41,42)/b28-8+,31-21+,32-15-. The monoisotopic (exact) mass is 558 g/mol. The van der Waals surface area contributed by atoms with Crippen LogP contribution >= 0.6 is 0 Å². The molecule has 1 aliphatic rings. The molecule has 0 unspecified atom stereocenters. The zero-order valence-corrected chi connectivity index (χ0v) is 24.7. The third kappa shape index (κ3) is 7.24. The van der Waals surface area contributed by atoms with Gasteiger partial charge in [0, 0.05) is 53.8 Å². The lowest BCUT2D eigenvalue weighted by molar-refractivity contribution is 0.624. The third-order valence-electron chi connectivity index (χ3n) is 7.11. The van der Waals surface area contributed by atoms with Crippen molar-refractivity contribution in [3.63, 3.8) is 0 Å². The van der Waals surface area contributed by atoms with Crippen molar-refractivity contribution in [2.45, 2.75) is 33.1 Å². The third-order valence-corrected chi connectivity index (χ3v) is 7.11. The van der Waals surface area contributed by atoms with Crippen LogP contribution in [-0.2, 0) is 12.8 Å². The van der Waals surface area contributed by atoms with E-state index in [0.717, 1.165) is 62.9 Å². The molecule has 3 aromatic rings. The molecule has 2 aromatic carbocycles. The fourth-order valence-electron chi connectivity index (χ4n) is 5.08. The lowest BCUT2D eigenvalue weighted by Gasteiger charge is -2.15. The summed E-state index contributed by atoms with van der Waals surface area (Å²) >= 11 is 0. The molecule has 42 heavy (non-hydrogen) atoms. The Labute approximate surface area is 249 Å². The smallest absolute Gasteiger partial charge is 0.133 e. The fourth-order valence-corrected chi connectivity index (χ4v) is 5.08. The zero-order chi connectivity index (χ0) is 30.1. The molecule has 0 amide bonds. The number of imidazole rings is 1. The van der Waals surface area contributed by atoms with E-state index in [1.807, 2.05) is 56.3 Å². The number of H-pyrrole nitrogens is 1. The summed E-state index contributed by atoms with van der Waals surface area (Å²) in [5.41, 5.74) is 9.64. The van der Waals surface area contributed by atoms with Gasteiger partial charge >= 0.3 is 0 Å². The fraction of sp³-hybridized carbons (Fsp3) is 0.162. The van der Waals surface area contributed by atoms with Gasteiger partial charge in [-0.05, 0) is 66.8 Å². The van der Waals surface area contributed by atoms with Crippen LogP contribution in [-0.4, -0.2) is 17.0 Å². The van der Waals surface area contributed by atoms with Gasteiger partial charge in [-0.15, -0.1) is 0 Å². The van der Waals surface area contributed by atoms with Gasteiger partial charge in [0.15, 0.2) is 0 Å². The van der Waals surface area contributed by atoms with Crippen LogP contribution in [0.2, 0.25) is 0 Å². The van der Waals surface area contributed by atoms with Crippen LogP contribution in [0.25, 0.3) is 11.1 Å². The van der Waals surface area contributed by atoms with Crippen molar-refractivity contribution in [2.75, 3.05) is 12.4 Å². The number of hydrogen-bond acceptors (Lipinski definition) is 3. The molecule has 0 spiro atoms. The maximum Gasteiger partial charge on any atom is 0.133 e. The Balaban J connectivity index is 1.62. The normalized spacial score (nSPS) is 13.6. The van der Waals surface area contributed by atoms with Crippen LogP contribution in [0.4, 0.5) is 10.1 Å². The van der Waals surface area contributed by atoms with Crippen molar-refractivity contribution in [1.82, 2.24) is 15.3 Å². The summed E-state index contributed by atoms with van der Waals surface area (Å²) in [4.78, 5) is 8.41. The highest BCUT2D eigenvalue weighted by Crippen LogP contribution is 2.31. The van der Waals surface area contributed by atoms with Crippen LogP contribution in [0, 0.1) is 12.7 Å². The second-order valence-electron chi connectivity index (χ2n) is 10.1. The number of allylic oxidation sites excluding steroid dienone is 12. The largest absolute Gasteiger partial charge is 0.388 e. The molecule has 5 heteroatoms. The Morgan fingerprint density at radius 3 is 2.60 bits per heavy atom. The van der Waals surface area contributed by atoms with Gasteiger partial charge in [-0.2, -0.15) is 0 Å². The summed E-state index contributed by atoms with van der Waals surface area (Å²) < 4.78 is 15.5. The zero-order valence-electron chi connectivity index (χ0n) is 24.7. The molecule has 4 rings (SSSR count). The minimum Gasteiger partial charge on any atom is -0.388 e. The number of nitrogens with one attached hydrogen (secondary N) is 3. The van der Waals surface area contributed by atoms with E-state index in [0.29, 0.717) is 24.1 Å². The van der Waals surface area contributed by atoms with Crippen molar-refractivity contribution in [1.29, 1.82) is 0 Å². The molecular formula is C37H39FN4. The van der Waals surface area contributed by atoms with Gasteiger partial charge in [0.2, 0.25) is 0 Å². The highest BCUT2D eigenvalue weighted by molar-refractivity contribution is 5.83. The molecule has 1 aliphatic carbocycles. The van der Waals surface area contributed by atoms with E-state index in [-0.39, 0.29) is 5.82 Å². The van der Waals surface area contributed by atoms with Crippen LogP contribution in [0.15, 0.2) is 128 Å². The lowest BCUT2D eigenvalue weighted by atomic mass is 9.98. The van der Waals surface area contributed by atoms with E-state index < -0.39 is 0 Å². The Kier molecular flexibility index (Phi) is 10.1. The molecule has 4 nitrogen and oxygen atoms in total. The average Bonchev–Trinajstić information content (AvgIpc) is 3.65. The molecule has 3 N–H and O–H groups in total. The van der Waals surface area contributed by atoms with Crippen LogP contribution in [0.3, 0.4) is 0 Å². The van der Waals surface area contributed by atoms with Gasteiger partial charge in [-0.25, -0.2) is 9.37 Å². The molecule has 214 valence electrons. The van der Waals surface area contributed by atoms with Crippen molar-refractivity contribution >= 4 is 16.8 Å². The number of aromatic amines is 1. The Hall–Kier alpha value is -4.90. The topological polar surface area (TPSA) is 52.7 Å². The van der Waals surface area contributed by atoms with Gasteiger partial charge in [0.25, 0.3) is 0 Å². The number of rotatable bonds is 13. The number of anilines is 1. The Morgan fingerprint density at radius 2 is 1.95 bits per heavy atom. The summed E-state index contributed by atoms with van der Waals surface area (Å²) in [7, 11) is 1.80. The molecule has 0 fully saturated rings. The second-order valence-corrected chi connectivity index (χ2v) is 10.1. The number of nitrogens with zero attached hydrogens (tertiary/aromatic N) is 1. The van der Waals surface area contributed by atoms with Crippen molar-refractivity contribution < 1.29 is 4.39 Å². The highest BCUT2D eigenvalue weighted by atomic mass is 19.1. The molecule has 1 heterocycles. The van der Waals surface area contributed by atoms with Gasteiger partial charge < -0.3 is 15.6 Å². The Morgan fingerprint density at radius 1 is 1.17 bits per heavy atom. The first kappa shape index (κ1) is 30.1. The first-order chi connectivity index (χ1) is 20.4. The molecule has 0 saturated heterocycles. The molecule has 0 aliphatic heterocycles. The van der Waals surface area contributed by atoms with Crippen molar-refractivity contribution in [3.8, 4) is 0 Å². The summed E-state index contributed by atoms with van der Waals surface area (Å²) in [6, 6.07) is 13.6. The second kappa shape index (κ2) is 14.1. The molecular weight excluding hydrogens is 519 g/mol. The molecule has 0 saturated carbocycles.